The Hall–Kier alpha value is -0.910. The normalized spacial score (nSPS) is 12.3. The van der Waals surface area contributed by atoms with Crippen LogP contribution in [0.5, 0.6) is 0 Å². The van der Waals surface area contributed by atoms with E-state index in [0.29, 0.717) is 17.4 Å². The molecule has 108 valence electrons. The van der Waals surface area contributed by atoms with Crippen molar-refractivity contribution in [3.63, 3.8) is 0 Å². The maximum absolute atomic E-state index is 12.1. The van der Waals surface area contributed by atoms with Gasteiger partial charge in [0, 0.05) is 13.1 Å². The van der Waals surface area contributed by atoms with E-state index in [1.807, 2.05) is 6.07 Å². The van der Waals surface area contributed by atoms with Crippen molar-refractivity contribution in [2.45, 2.75) is 25.2 Å². The molecule has 1 aromatic carbocycles. The van der Waals surface area contributed by atoms with Crippen molar-refractivity contribution >= 4 is 9.84 Å². The van der Waals surface area contributed by atoms with E-state index >= 15 is 0 Å². The Balaban J connectivity index is 2.54. The molecule has 4 nitrogen and oxygen atoms in total. The van der Waals surface area contributed by atoms with Gasteiger partial charge in [0.1, 0.15) is 0 Å². The van der Waals surface area contributed by atoms with Gasteiger partial charge in [0.2, 0.25) is 0 Å². The van der Waals surface area contributed by atoms with Crippen LogP contribution in [0.25, 0.3) is 0 Å². The fourth-order valence-electron chi connectivity index (χ4n) is 1.66. The van der Waals surface area contributed by atoms with Crippen LogP contribution in [0.4, 0.5) is 0 Å². The predicted octanol–water partition coefficient (Wildman–Crippen LogP) is 2.37. The number of nitrogens with zero attached hydrogens (tertiary/aromatic N) is 1. The number of hydrogen-bond donors (Lipinski definition) is 0. The van der Waals surface area contributed by atoms with Crippen LogP contribution >= 0.6 is 0 Å². The van der Waals surface area contributed by atoms with Crippen LogP contribution in [0.15, 0.2) is 35.2 Å². The van der Waals surface area contributed by atoms with Crippen LogP contribution in [0.2, 0.25) is 0 Å². The topological polar surface area (TPSA) is 46.6 Å². The van der Waals surface area contributed by atoms with Gasteiger partial charge in [-0.25, -0.2) is 8.42 Å². The van der Waals surface area contributed by atoms with Crippen molar-refractivity contribution < 1.29 is 13.3 Å². The average molecular weight is 285 g/mol. The molecule has 0 amide bonds. The van der Waals surface area contributed by atoms with E-state index in [9.17, 15) is 8.42 Å². The third-order valence-corrected chi connectivity index (χ3v) is 4.64. The molecule has 1 aromatic rings. The molecule has 0 heterocycles. The van der Waals surface area contributed by atoms with Crippen molar-refractivity contribution in [2.24, 2.45) is 5.92 Å². The minimum absolute atomic E-state index is 0.0724. The second-order valence-corrected chi connectivity index (χ2v) is 7.04. The third-order valence-electron chi connectivity index (χ3n) is 2.93. The van der Waals surface area contributed by atoms with Gasteiger partial charge in [-0.15, -0.1) is 0 Å². The third kappa shape index (κ3) is 5.72. The van der Waals surface area contributed by atoms with Gasteiger partial charge in [-0.1, -0.05) is 32.0 Å². The van der Waals surface area contributed by atoms with Crippen LogP contribution in [0, 0.1) is 5.92 Å². The summed E-state index contributed by atoms with van der Waals surface area (Å²) in [7, 11) is -1.65. The number of rotatable bonds is 8. The fourth-order valence-corrected chi connectivity index (χ4v) is 2.92. The molecule has 0 N–H and O–H groups in total. The molecule has 19 heavy (non-hydrogen) atoms. The van der Waals surface area contributed by atoms with Gasteiger partial charge >= 0.3 is 0 Å². The number of sulfone groups is 1. The highest BCUT2D eigenvalue weighted by Crippen LogP contribution is 2.11. The van der Waals surface area contributed by atoms with E-state index in [4.69, 9.17) is 4.84 Å². The summed E-state index contributed by atoms with van der Waals surface area (Å²) in [4.78, 5) is 5.57. The summed E-state index contributed by atoms with van der Waals surface area (Å²) < 4.78 is 24.2. The monoisotopic (exact) mass is 285 g/mol. The van der Waals surface area contributed by atoms with Gasteiger partial charge in [0.25, 0.3) is 0 Å². The molecule has 0 atom stereocenters. The largest absolute Gasteiger partial charge is 0.302 e. The molecule has 0 aliphatic heterocycles. The Morgan fingerprint density at radius 2 is 1.79 bits per heavy atom. The smallest absolute Gasteiger partial charge is 0.179 e. The first-order valence-electron chi connectivity index (χ1n) is 6.52. The zero-order valence-corrected chi connectivity index (χ0v) is 12.7. The van der Waals surface area contributed by atoms with Crippen molar-refractivity contribution in [3.8, 4) is 0 Å². The van der Waals surface area contributed by atoms with Crippen molar-refractivity contribution in [2.75, 3.05) is 26.0 Å². The molecular weight excluding hydrogens is 262 g/mol. The molecule has 0 saturated carbocycles. The van der Waals surface area contributed by atoms with Crippen molar-refractivity contribution in [3.05, 3.63) is 30.3 Å². The first-order chi connectivity index (χ1) is 8.95. The van der Waals surface area contributed by atoms with Gasteiger partial charge in [-0.2, -0.15) is 5.06 Å². The molecule has 0 spiro atoms. The molecule has 0 radical (unpaired) electrons. The molecule has 0 aliphatic rings. The average Bonchev–Trinajstić information content (AvgIpc) is 2.39. The highest BCUT2D eigenvalue weighted by atomic mass is 32.2. The standard InChI is InChI=1S/C14H23NO3S/c1-13(2)9-10-15(18-3)11-12-19(16,17)14-7-5-4-6-8-14/h4-8,13H,9-12H2,1-3H3. The molecule has 5 heteroatoms. The van der Waals surface area contributed by atoms with E-state index in [1.54, 1.807) is 36.4 Å². The fraction of sp³-hybridized carbons (Fsp3) is 0.571. The zero-order chi connectivity index (χ0) is 14.3. The summed E-state index contributed by atoms with van der Waals surface area (Å²) in [5.41, 5.74) is 0. The predicted molar refractivity (Wildman–Crippen MR) is 76.5 cm³/mol. The summed E-state index contributed by atoms with van der Waals surface area (Å²) in [5.74, 6) is 0.645. The van der Waals surface area contributed by atoms with Crippen LogP contribution < -0.4 is 0 Å². The first-order valence-corrected chi connectivity index (χ1v) is 8.18. The quantitative estimate of drug-likeness (QED) is 0.688. The summed E-state index contributed by atoms with van der Waals surface area (Å²) in [6, 6.07) is 8.53. The van der Waals surface area contributed by atoms with E-state index < -0.39 is 9.84 Å². The second kappa shape index (κ2) is 7.62. The highest BCUT2D eigenvalue weighted by Gasteiger charge is 2.16. The Labute approximate surface area is 116 Å². The van der Waals surface area contributed by atoms with Crippen LogP contribution in [-0.4, -0.2) is 39.4 Å². The maximum atomic E-state index is 12.1. The van der Waals surface area contributed by atoms with Gasteiger partial charge in [-0.05, 0) is 24.5 Å². The molecular formula is C14H23NO3S. The van der Waals surface area contributed by atoms with Crippen LogP contribution in [0.1, 0.15) is 20.3 Å². The highest BCUT2D eigenvalue weighted by molar-refractivity contribution is 7.91. The molecule has 0 unspecified atom stereocenters. The first kappa shape index (κ1) is 16.1. The Bertz CT molecular complexity index is 457. The lowest BCUT2D eigenvalue weighted by Crippen LogP contribution is -2.30. The van der Waals surface area contributed by atoms with Crippen molar-refractivity contribution in [1.29, 1.82) is 0 Å². The molecule has 1 rings (SSSR count). The molecule has 0 saturated heterocycles. The lowest BCUT2D eigenvalue weighted by atomic mass is 10.1. The summed E-state index contributed by atoms with van der Waals surface area (Å²) in [5, 5.41) is 1.71. The molecule has 0 bridgehead atoms. The number of hydroxylamine groups is 2. The SMILES string of the molecule is CON(CCC(C)C)CCS(=O)(=O)c1ccccc1. The minimum Gasteiger partial charge on any atom is -0.302 e. The van der Waals surface area contributed by atoms with E-state index in [0.717, 1.165) is 13.0 Å². The van der Waals surface area contributed by atoms with Crippen molar-refractivity contribution in [1.82, 2.24) is 5.06 Å². The van der Waals surface area contributed by atoms with E-state index in [-0.39, 0.29) is 5.75 Å². The Kier molecular flexibility index (Phi) is 6.48. The summed E-state index contributed by atoms with van der Waals surface area (Å²) in [6.07, 6.45) is 0.985. The number of hydrogen-bond acceptors (Lipinski definition) is 4. The Morgan fingerprint density at radius 1 is 1.16 bits per heavy atom. The minimum atomic E-state index is -3.23. The lowest BCUT2D eigenvalue weighted by Gasteiger charge is -2.20. The lowest BCUT2D eigenvalue weighted by molar-refractivity contribution is -0.128. The second-order valence-electron chi connectivity index (χ2n) is 4.93. The van der Waals surface area contributed by atoms with Crippen LogP contribution in [-0.2, 0) is 14.7 Å². The van der Waals surface area contributed by atoms with E-state index in [1.165, 1.54) is 0 Å². The van der Waals surface area contributed by atoms with E-state index in [2.05, 4.69) is 13.8 Å². The maximum Gasteiger partial charge on any atom is 0.179 e. The Morgan fingerprint density at radius 3 is 2.32 bits per heavy atom. The van der Waals surface area contributed by atoms with Gasteiger partial charge in [0.05, 0.1) is 17.8 Å². The molecule has 0 aliphatic carbocycles. The summed E-state index contributed by atoms with van der Waals surface area (Å²) in [6.45, 7) is 5.40. The van der Waals surface area contributed by atoms with Gasteiger partial charge < -0.3 is 4.84 Å². The zero-order valence-electron chi connectivity index (χ0n) is 11.9. The van der Waals surface area contributed by atoms with Crippen LogP contribution in [0.3, 0.4) is 0 Å². The summed E-state index contributed by atoms with van der Waals surface area (Å²) >= 11 is 0. The van der Waals surface area contributed by atoms with Gasteiger partial charge in [-0.3, -0.25) is 0 Å². The number of benzene rings is 1. The molecule has 0 aromatic heterocycles. The van der Waals surface area contributed by atoms with Gasteiger partial charge in [0.15, 0.2) is 9.84 Å². The molecule has 0 fully saturated rings.